The molecule has 1 unspecified atom stereocenters. The van der Waals surface area contributed by atoms with E-state index in [0.717, 1.165) is 17.1 Å². The molecule has 3 rings (SSSR count). The molecule has 0 aliphatic rings. The fraction of sp³-hybridized carbons (Fsp3) is 0.353. The van der Waals surface area contributed by atoms with Crippen molar-refractivity contribution >= 4 is 11.6 Å². The van der Waals surface area contributed by atoms with Gasteiger partial charge in [-0.05, 0) is 18.9 Å². The Morgan fingerprint density at radius 3 is 2.83 bits per heavy atom. The molecule has 3 aromatic rings. The predicted molar refractivity (Wildman–Crippen MR) is 90.6 cm³/mol. The Labute approximate surface area is 140 Å². The van der Waals surface area contributed by atoms with Crippen LogP contribution >= 0.6 is 0 Å². The van der Waals surface area contributed by atoms with E-state index in [-0.39, 0.29) is 0 Å². The molecule has 0 fully saturated rings. The van der Waals surface area contributed by atoms with Gasteiger partial charge in [0, 0.05) is 19.7 Å². The van der Waals surface area contributed by atoms with Gasteiger partial charge in [0.25, 0.3) is 5.78 Å². The van der Waals surface area contributed by atoms with Gasteiger partial charge < -0.3 is 15.2 Å². The number of nitrogens with one attached hydrogen (secondary N) is 1. The molecule has 2 aromatic heterocycles. The summed E-state index contributed by atoms with van der Waals surface area (Å²) in [6.07, 6.45) is 2.01. The number of fused-ring (bicyclic) bond motifs is 1. The predicted octanol–water partition coefficient (Wildman–Crippen LogP) is 1.98. The first-order valence-electron chi connectivity index (χ1n) is 7.80. The number of nitrogens with zero attached hydrogens (tertiary/aromatic N) is 4. The maximum Gasteiger partial charge on any atom is 0.254 e. The van der Waals surface area contributed by atoms with Crippen molar-refractivity contribution in [2.45, 2.75) is 25.6 Å². The number of aromatic nitrogens is 4. The van der Waals surface area contributed by atoms with Crippen LogP contribution in [0.4, 0.5) is 5.82 Å². The molecule has 0 aliphatic carbocycles. The molecular weight excluding hydrogens is 306 g/mol. The van der Waals surface area contributed by atoms with Gasteiger partial charge in [0.05, 0.1) is 17.9 Å². The number of benzene rings is 1. The van der Waals surface area contributed by atoms with Crippen LogP contribution in [0, 0.1) is 0 Å². The Balaban J connectivity index is 1.72. The maximum atomic E-state index is 10.7. The number of hydrogen-bond donors (Lipinski definition) is 2. The van der Waals surface area contributed by atoms with E-state index in [2.05, 4.69) is 20.4 Å². The van der Waals surface area contributed by atoms with Crippen molar-refractivity contribution in [3.05, 3.63) is 54.0 Å². The maximum absolute atomic E-state index is 10.7. The Kier molecular flexibility index (Phi) is 4.73. The van der Waals surface area contributed by atoms with Crippen LogP contribution in [0.15, 0.2) is 42.7 Å². The van der Waals surface area contributed by atoms with Crippen molar-refractivity contribution in [3.63, 3.8) is 0 Å². The molecule has 0 radical (unpaired) electrons. The highest BCUT2D eigenvalue weighted by atomic mass is 16.5. The molecule has 7 nitrogen and oxygen atoms in total. The van der Waals surface area contributed by atoms with Gasteiger partial charge in [-0.1, -0.05) is 30.3 Å². The van der Waals surface area contributed by atoms with Gasteiger partial charge in [-0.3, -0.25) is 0 Å². The highest BCUT2D eigenvalue weighted by Gasteiger charge is 2.22. The van der Waals surface area contributed by atoms with E-state index in [9.17, 15) is 5.11 Å². The van der Waals surface area contributed by atoms with Gasteiger partial charge in [0.2, 0.25) is 0 Å². The third kappa shape index (κ3) is 3.52. The van der Waals surface area contributed by atoms with Gasteiger partial charge in [-0.15, -0.1) is 0 Å². The van der Waals surface area contributed by atoms with Gasteiger partial charge >= 0.3 is 0 Å². The van der Waals surface area contributed by atoms with Crippen LogP contribution in [-0.4, -0.2) is 38.3 Å². The third-order valence-electron chi connectivity index (χ3n) is 3.91. The summed E-state index contributed by atoms with van der Waals surface area (Å²) < 4.78 is 6.77. The minimum atomic E-state index is -0.905. The summed E-state index contributed by atoms with van der Waals surface area (Å²) in [6.45, 7) is 2.80. The summed E-state index contributed by atoms with van der Waals surface area (Å²) in [5.74, 6) is 1.29. The van der Waals surface area contributed by atoms with E-state index in [4.69, 9.17) is 4.74 Å². The Morgan fingerprint density at radius 1 is 1.29 bits per heavy atom. The lowest BCUT2D eigenvalue weighted by Crippen LogP contribution is -2.25. The van der Waals surface area contributed by atoms with Crippen molar-refractivity contribution < 1.29 is 9.84 Å². The van der Waals surface area contributed by atoms with E-state index in [0.29, 0.717) is 25.4 Å². The van der Waals surface area contributed by atoms with E-state index in [1.54, 1.807) is 11.6 Å². The second-order valence-electron chi connectivity index (χ2n) is 5.85. The van der Waals surface area contributed by atoms with Gasteiger partial charge in [-0.25, -0.2) is 4.98 Å². The largest absolute Gasteiger partial charge is 0.385 e. The van der Waals surface area contributed by atoms with Crippen molar-refractivity contribution in [1.29, 1.82) is 0 Å². The average molecular weight is 327 g/mol. The lowest BCUT2D eigenvalue weighted by atomic mass is 9.93. The standard InChI is InChI=1S/C17H21N5O2/c1-17(23,13-6-4-3-5-7-13)8-9-18-15-10-14(11-24-2)21-16-19-12-20-22(15)16/h3-7,10,12,18,23H,8-9,11H2,1-2H3. The average Bonchev–Trinajstić information content (AvgIpc) is 3.04. The van der Waals surface area contributed by atoms with Crippen LogP contribution in [-0.2, 0) is 16.9 Å². The van der Waals surface area contributed by atoms with Crippen LogP contribution in [0.3, 0.4) is 0 Å². The summed E-state index contributed by atoms with van der Waals surface area (Å²) in [6, 6.07) is 11.5. The molecule has 1 atom stereocenters. The highest BCUT2D eigenvalue weighted by Crippen LogP contribution is 2.24. The zero-order valence-corrected chi connectivity index (χ0v) is 13.8. The van der Waals surface area contributed by atoms with Crippen molar-refractivity contribution in [2.75, 3.05) is 19.0 Å². The summed E-state index contributed by atoms with van der Waals surface area (Å²) in [5, 5.41) is 18.1. The second kappa shape index (κ2) is 6.94. The fourth-order valence-corrected chi connectivity index (χ4v) is 2.58. The molecule has 126 valence electrons. The Morgan fingerprint density at radius 2 is 2.08 bits per heavy atom. The minimum Gasteiger partial charge on any atom is -0.385 e. The molecule has 0 spiro atoms. The molecule has 1 aromatic carbocycles. The quantitative estimate of drug-likeness (QED) is 0.690. The van der Waals surface area contributed by atoms with Crippen LogP contribution < -0.4 is 5.32 Å². The summed E-state index contributed by atoms with van der Waals surface area (Å²) in [4.78, 5) is 8.49. The highest BCUT2D eigenvalue weighted by molar-refractivity contribution is 5.44. The Bertz CT molecular complexity index is 801. The molecule has 7 heteroatoms. The van der Waals surface area contributed by atoms with E-state index >= 15 is 0 Å². The van der Waals surface area contributed by atoms with Gasteiger partial charge in [0.1, 0.15) is 12.1 Å². The number of ether oxygens (including phenoxy) is 1. The molecule has 0 saturated heterocycles. The second-order valence-corrected chi connectivity index (χ2v) is 5.85. The molecule has 0 saturated carbocycles. The molecule has 0 amide bonds. The smallest absolute Gasteiger partial charge is 0.254 e. The molecular formula is C17H21N5O2. The minimum absolute atomic E-state index is 0.403. The number of anilines is 1. The molecule has 2 N–H and O–H groups in total. The number of hydrogen-bond acceptors (Lipinski definition) is 6. The van der Waals surface area contributed by atoms with Crippen LogP contribution in [0.25, 0.3) is 5.78 Å². The molecule has 24 heavy (non-hydrogen) atoms. The molecule has 0 bridgehead atoms. The van der Waals surface area contributed by atoms with Crippen LogP contribution in [0.1, 0.15) is 24.6 Å². The van der Waals surface area contributed by atoms with E-state index in [1.807, 2.05) is 43.3 Å². The van der Waals surface area contributed by atoms with Gasteiger partial charge in [-0.2, -0.15) is 14.6 Å². The molecule has 0 aliphatic heterocycles. The lowest BCUT2D eigenvalue weighted by molar-refractivity contribution is 0.0515. The fourth-order valence-electron chi connectivity index (χ4n) is 2.58. The van der Waals surface area contributed by atoms with Crippen LogP contribution in [0.2, 0.25) is 0 Å². The lowest BCUT2D eigenvalue weighted by Gasteiger charge is -2.24. The normalized spacial score (nSPS) is 13.8. The third-order valence-corrected chi connectivity index (χ3v) is 3.91. The zero-order valence-electron chi connectivity index (χ0n) is 13.8. The summed E-state index contributed by atoms with van der Waals surface area (Å²) in [7, 11) is 1.62. The monoisotopic (exact) mass is 327 g/mol. The number of rotatable bonds is 7. The first-order chi connectivity index (χ1) is 11.6. The SMILES string of the molecule is COCc1cc(NCCC(C)(O)c2ccccc2)n2ncnc2n1. The van der Waals surface area contributed by atoms with Crippen molar-refractivity contribution in [2.24, 2.45) is 0 Å². The first-order valence-corrected chi connectivity index (χ1v) is 7.80. The zero-order chi connectivity index (χ0) is 17.0. The number of methoxy groups -OCH3 is 1. The number of aliphatic hydroxyl groups is 1. The summed E-state index contributed by atoms with van der Waals surface area (Å²) in [5.41, 5.74) is 0.765. The van der Waals surface area contributed by atoms with E-state index in [1.165, 1.54) is 6.33 Å². The Hall–Kier alpha value is -2.51. The van der Waals surface area contributed by atoms with E-state index < -0.39 is 5.60 Å². The van der Waals surface area contributed by atoms with Crippen molar-refractivity contribution in [1.82, 2.24) is 19.6 Å². The summed E-state index contributed by atoms with van der Waals surface area (Å²) >= 11 is 0. The van der Waals surface area contributed by atoms with Crippen LogP contribution in [0.5, 0.6) is 0 Å². The first kappa shape index (κ1) is 16.4. The molecule has 2 heterocycles. The topological polar surface area (TPSA) is 84.6 Å². The van der Waals surface area contributed by atoms with Crippen molar-refractivity contribution in [3.8, 4) is 0 Å². The van der Waals surface area contributed by atoms with Gasteiger partial charge in [0.15, 0.2) is 0 Å².